The van der Waals surface area contributed by atoms with E-state index < -0.39 is 0 Å². The van der Waals surface area contributed by atoms with Crippen LogP contribution in [-0.4, -0.2) is 38.2 Å². The normalized spacial score (nSPS) is 19.4. The van der Waals surface area contributed by atoms with Crippen molar-refractivity contribution in [2.45, 2.75) is 32.4 Å². The van der Waals surface area contributed by atoms with Crippen molar-refractivity contribution in [2.75, 3.05) is 33.3 Å². The Morgan fingerprint density at radius 3 is 2.47 bits per heavy atom. The summed E-state index contributed by atoms with van der Waals surface area (Å²) in [6, 6.07) is 9.10. The number of hydrogen-bond donors (Lipinski definition) is 1. The maximum absolute atomic E-state index is 5.67. The van der Waals surface area contributed by atoms with Gasteiger partial charge in [0.2, 0.25) is 0 Å². The Bertz CT molecular complexity index is 411. The molecule has 1 aliphatic rings. The first kappa shape index (κ1) is 14.5. The van der Waals surface area contributed by atoms with Crippen molar-refractivity contribution in [3.05, 3.63) is 35.4 Å². The molecule has 0 aromatic heterocycles. The van der Waals surface area contributed by atoms with Gasteiger partial charge in [-0.3, -0.25) is 4.90 Å². The molecule has 1 unspecified atom stereocenters. The summed E-state index contributed by atoms with van der Waals surface area (Å²) >= 11 is 0. The van der Waals surface area contributed by atoms with E-state index in [4.69, 9.17) is 4.74 Å². The second kappa shape index (κ2) is 6.04. The van der Waals surface area contributed by atoms with Crippen LogP contribution in [-0.2, 0) is 10.3 Å². The summed E-state index contributed by atoms with van der Waals surface area (Å²) < 4.78 is 5.67. The van der Waals surface area contributed by atoms with Crippen molar-refractivity contribution in [3.63, 3.8) is 0 Å². The molecule has 0 amide bonds. The van der Waals surface area contributed by atoms with Gasteiger partial charge in [0, 0.05) is 39.3 Å². The molecule has 3 nitrogen and oxygen atoms in total. The molecule has 1 saturated heterocycles. The molecule has 0 saturated carbocycles. The van der Waals surface area contributed by atoms with Gasteiger partial charge in [0.05, 0.1) is 5.60 Å². The van der Waals surface area contributed by atoms with E-state index in [0.717, 1.165) is 26.2 Å². The minimum atomic E-state index is -0.237. The second-order valence-corrected chi connectivity index (χ2v) is 5.76. The second-order valence-electron chi connectivity index (χ2n) is 5.76. The monoisotopic (exact) mass is 262 g/mol. The van der Waals surface area contributed by atoms with Gasteiger partial charge >= 0.3 is 0 Å². The zero-order valence-electron chi connectivity index (χ0n) is 12.6. The lowest BCUT2D eigenvalue weighted by Gasteiger charge is -2.36. The number of ether oxygens (including phenoxy) is 1. The van der Waals surface area contributed by atoms with Gasteiger partial charge in [-0.25, -0.2) is 0 Å². The number of hydrogen-bond acceptors (Lipinski definition) is 3. The average Bonchev–Trinajstić information content (AvgIpc) is 2.47. The van der Waals surface area contributed by atoms with E-state index in [9.17, 15) is 0 Å². The molecule has 2 rings (SSSR count). The maximum atomic E-state index is 5.67. The molecule has 106 valence electrons. The summed E-state index contributed by atoms with van der Waals surface area (Å²) in [5.41, 5.74) is 2.44. The molecule has 1 atom stereocenters. The van der Waals surface area contributed by atoms with E-state index >= 15 is 0 Å². The fourth-order valence-corrected chi connectivity index (χ4v) is 2.79. The highest BCUT2D eigenvalue weighted by Gasteiger charge is 2.27. The highest BCUT2D eigenvalue weighted by atomic mass is 16.5. The van der Waals surface area contributed by atoms with E-state index in [1.807, 2.05) is 0 Å². The van der Waals surface area contributed by atoms with Gasteiger partial charge in [0.25, 0.3) is 0 Å². The fourth-order valence-electron chi connectivity index (χ4n) is 2.79. The van der Waals surface area contributed by atoms with Gasteiger partial charge < -0.3 is 10.1 Å². The number of rotatable bonds is 4. The molecule has 0 aliphatic carbocycles. The molecule has 19 heavy (non-hydrogen) atoms. The Labute approximate surface area is 116 Å². The van der Waals surface area contributed by atoms with Crippen LogP contribution in [0.5, 0.6) is 0 Å². The quantitative estimate of drug-likeness (QED) is 0.902. The van der Waals surface area contributed by atoms with Crippen LogP contribution in [0.25, 0.3) is 0 Å². The van der Waals surface area contributed by atoms with Crippen LogP contribution < -0.4 is 5.32 Å². The van der Waals surface area contributed by atoms with Crippen molar-refractivity contribution in [1.82, 2.24) is 10.2 Å². The van der Waals surface area contributed by atoms with Crippen LogP contribution in [0.3, 0.4) is 0 Å². The van der Waals surface area contributed by atoms with Crippen LogP contribution in [0.2, 0.25) is 0 Å². The molecule has 1 aliphatic heterocycles. The molecule has 1 fully saturated rings. The third kappa shape index (κ3) is 3.16. The number of nitrogens with zero attached hydrogens (tertiary/aromatic N) is 1. The Hall–Kier alpha value is -0.900. The summed E-state index contributed by atoms with van der Waals surface area (Å²) in [6.07, 6.45) is 0. The molecule has 0 radical (unpaired) electrons. The average molecular weight is 262 g/mol. The highest BCUT2D eigenvalue weighted by molar-refractivity contribution is 5.34. The topological polar surface area (TPSA) is 24.5 Å². The predicted octanol–water partition coefficient (Wildman–Crippen LogP) is 2.53. The molecule has 1 N–H and O–H groups in total. The molecule has 1 aromatic carbocycles. The lowest BCUT2D eigenvalue weighted by atomic mass is 9.89. The van der Waals surface area contributed by atoms with Crippen molar-refractivity contribution in [3.8, 4) is 0 Å². The van der Waals surface area contributed by atoms with Crippen molar-refractivity contribution >= 4 is 0 Å². The SMILES string of the molecule is COC(C)(C)c1ccccc1C(C)N1CCNCC1. The summed E-state index contributed by atoms with van der Waals surface area (Å²) in [7, 11) is 1.78. The van der Waals surface area contributed by atoms with Crippen LogP contribution >= 0.6 is 0 Å². The Balaban J connectivity index is 2.28. The first-order valence-corrected chi connectivity index (χ1v) is 7.15. The summed E-state index contributed by atoms with van der Waals surface area (Å²) in [6.45, 7) is 11.0. The number of benzene rings is 1. The van der Waals surface area contributed by atoms with Crippen molar-refractivity contribution in [1.29, 1.82) is 0 Å². The molecular formula is C16H26N2O. The minimum Gasteiger partial charge on any atom is -0.374 e. The lowest BCUT2D eigenvalue weighted by Crippen LogP contribution is -2.44. The van der Waals surface area contributed by atoms with Crippen LogP contribution in [0.1, 0.15) is 37.9 Å². The fraction of sp³-hybridized carbons (Fsp3) is 0.625. The van der Waals surface area contributed by atoms with E-state index in [0.29, 0.717) is 6.04 Å². The number of nitrogens with one attached hydrogen (secondary N) is 1. The molecule has 1 aromatic rings. The van der Waals surface area contributed by atoms with Gasteiger partial charge in [0.1, 0.15) is 0 Å². The Morgan fingerprint density at radius 2 is 1.84 bits per heavy atom. The summed E-state index contributed by atoms with van der Waals surface area (Å²) in [5.74, 6) is 0. The highest BCUT2D eigenvalue weighted by Crippen LogP contribution is 2.32. The predicted molar refractivity (Wildman–Crippen MR) is 79.3 cm³/mol. The summed E-state index contributed by atoms with van der Waals surface area (Å²) in [5, 5.41) is 3.41. The molecule has 0 spiro atoms. The smallest absolute Gasteiger partial charge is 0.0874 e. The standard InChI is InChI=1S/C16H26N2O/c1-13(18-11-9-17-10-12-18)14-7-5-6-8-15(14)16(2,3)19-4/h5-8,13,17H,9-12H2,1-4H3. The minimum absolute atomic E-state index is 0.237. The van der Waals surface area contributed by atoms with E-state index in [2.05, 4.69) is 55.3 Å². The van der Waals surface area contributed by atoms with E-state index in [1.165, 1.54) is 11.1 Å². The van der Waals surface area contributed by atoms with E-state index in [-0.39, 0.29) is 5.60 Å². The van der Waals surface area contributed by atoms with Crippen LogP contribution in [0.4, 0.5) is 0 Å². The van der Waals surface area contributed by atoms with Gasteiger partial charge in [-0.15, -0.1) is 0 Å². The van der Waals surface area contributed by atoms with Gasteiger partial charge in [-0.2, -0.15) is 0 Å². The maximum Gasteiger partial charge on any atom is 0.0874 e. The van der Waals surface area contributed by atoms with E-state index in [1.54, 1.807) is 7.11 Å². The van der Waals surface area contributed by atoms with Crippen LogP contribution in [0, 0.1) is 0 Å². The third-order valence-electron chi connectivity index (χ3n) is 4.27. The Kier molecular flexibility index (Phi) is 4.61. The van der Waals surface area contributed by atoms with Gasteiger partial charge in [-0.05, 0) is 31.9 Å². The molecule has 0 bridgehead atoms. The molecular weight excluding hydrogens is 236 g/mol. The molecule has 3 heteroatoms. The van der Waals surface area contributed by atoms with Gasteiger partial charge in [-0.1, -0.05) is 24.3 Å². The Morgan fingerprint density at radius 1 is 1.21 bits per heavy atom. The van der Waals surface area contributed by atoms with Crippen molar-refractivity contribution in [2.24, 2.45) is 0 Å². The van der Waals surface area contributed by atoms with Crippen LogP contribution in [0.15, 0.2) is 24.3 Å². The first-order chi connectivity index (χ1) is 9.06. The zero-order chi connectivity index (χ0) is 13.9. The van der Waals surface area contributed by atoms with Crippen molar-refractivity contribution < 1.29 is 4.74 Å². The third-order valence-corrected chi connectivity index (χ3v) is 4.27. The first-order valence-electron chi connectivity index (χ1n) is 7.15. The lowest BCUT2D eigenvalue weighted by molar-refractivity contribution is 0.0171. The molecule has 1 heterocycles. The summed E-state index contributed by atoms with van der Waals surface area (Å²) in [4.78, 5) is 2.54. The largest absolute Gasteiger partial charge is 0.374 e. The zero-order valence-corrected chi connectivity index (χ0v) is 12.6. The number of methoxy groups -OCH3 is 1. The number of piperazine rings is 1. The van der Waals surface area contributed by atoms with Gasteiger partial charge in [0.15, 0.2) is 0 Å².